The van der Waals surface area contributed by atoms with Gasteiger partial charge < -0.3 is 24.4 Å². The third-order valence-corrected chi connectivity index (χ3v) is 2.70. The lowest BCUT2D eigenvalue weighted by atomic mass is 10.2. The molecule has 1 atom stereocenters. The molecular formula is C14H22N2O6. The zero-order chi connectivity index (χ0) is 16.9. The molecule has 1 heterocycles. The predicted molar refractivity (Wildman–Crippen MR) is 76.4 cm³/mol. The minimum absolute atomic E-state index is 0.154. The molecule has 1 unspecified atom stereocenters. The highest BCUT2D eigenvalue weighted by atomic mass is 16.6. The van der Waals surface area contributed by atoms with E-state index in [1.165, 1.54) is 0 Å². The highest BCUT2D eigenvalue weighted by molar-refractivity contribution is 5.80. The molecule has 0 saturated heterocycles. The zero-order valence-electron chi connectivity index (χ0n) is 13.4. The molecule has 8 heteroatoms. The van der Waals surface area contributed by atoms with Crippen molar-refractivity contribution in [1.29, 1.82) is 0 Å². The van der Waals surface area contributed by atoms with Gasteiger partial charge in [-0.15, -0.1) is 0 Å². The van der Waals surface area contributed by atoms with E-state index >= 15 is 0 Å². The van der Waals surface area contributed by atoms with Crippen LogP contribution in [0.2, 0.25) is 0 Å². The number of rotatable bonds is 6. The third kappa shape index (κ3) is 5.72. The summed E-state index contributed by atoms with van der Waals surface area (Å²) in [6, 6.07) is -1.20. The summed E-state index contributed by atoms with van der Waals surface area (Å²) < 4.78 is 15.3. The summed E-state index contributed by atoms with van der Waals surface area (Å²) in [7, 11) is 0. The van der Waals surface area contributed by atoms with Crippen LogP contribution >= 0.6 is 0 Å². The first-order valence-electron chi connectivity index (χ1n) is 6.82. The number of carbonyl (C=O) groups excluding carboxylic acids is 1. The smallest absolute Gasteiger partial charge is 0.408 e. The number of aryl methyl sites for hydroxylation is 2. The summed E-state index contributed by atoms with van der Waals surface area (Å²) in [5.41, 5.74) is 0.746. The SMILES string of the molecule is Cc1noc(C)c1COCC(NC(=O)OC(C)(C)C)C(=O)O. The number of hydrogen-bond donors (Lipinski definition) is 2. The van der Waals surface area contributed by atoms with Crippen molar-refractivity contribution in [1.82, 2.24) is 10.5 Å². The number of carboxylic acids is 1. The van der Waals surface area contributed by atoms with Crippen molar-refractivity contribution in [3.05, 3.63) is 17.0 Å². The van der Waals surface area contributed by atoms with Crippen LogP contribution in [0.3, 0.4) is 0 Å². The average Bonchev–Trinajstić information content (AvgIpc) is 2.66. The Kier molecular flexibility index (Phi) is 5.92. The van der Waals surface area contributed by atoms with E-state index in [0.29, 0.717) is 11.5 Å². The molecule has 0 radical (unpaired) electrons. The second kappa shape index (κ2) is 7.26. The molecule has 1 aromatic rings. The van der Waals surface area contributed by atoms with Gasteiger partial charge in [-0.2, -0.15) is 0 Å². The number of nitrogens with one attached hydrogen (secondary N) is 1. The average molecular weight is 314 g/mol. The van der Waals surface area contributed by atoms with Crippen molar-refractivity contribution in [3.8, 4) is 0 Å². The van der Waals surface area contributed by atoms with E-state index in [1.807, 2.05) is 0 Å². The lowest BCUT2D eigenvalue weighted by Gasteiger charge is -2.22. The quantitative estimate of drug-likeness (QED) is 0.823. The molecule has 1 amide bonds. The van der Waals surface area contributed by atoms with E-state index in [9.17, 15) is 9.59 Å². The molecule has 0 aromatic carbocycles. The van der Waals surface area contributed by atoms with Gasteiger partial charge in [-0.05, 0) is 34.6 Å². The lowest BCUT2D eigenvalue weighted by Crippen LogP contribution is -2.46. The summed E-state index contributed by atoms with van der Waals surface area (Å²) in [5.74, 6) is -0.589. The van der Waals surface area contributed by atoms with E-state index < -0.39 is 23.7 Å². The van der Waals surface area contributed by atoms with E-state index in [2.05, 4.69) is 10.5 Å². The minimum atomic E-state index is -1.20. The monoisotopic (exact) mass is 314 g/mol. The predicted octanol–water partition coefficient (Wildman–Crippen LogP) is 1.79. The van der Waals surface area contributed by atoms with Gasteiger partial charge in [0.25, 0.3) is 0 Å². The fourth-order valence-electron chi connectivity index (χ4n) is 1.61. The fraction of sp³-hybridized carbons (Fsp3) is 0.643. The van der Waals surface area contributed by atoms with E-state index in [-0.39, 0.29) is 13.2 Å². The maximum atomic E-state index is 11.6. The topological polar surface area (TPSA) is 111 Å². The van der Waals surface area contributed by atoms with Gasteiger partial charge in [0.15, 0.2) is 6.04 Å². The van der Waals surface area contributed by atoms with Crippen molar-refractivity contribution in [2.45, 2.75) is 52.9 Å². The Balaban J connectivity index is 2.52. The van der Waals surface area contributed by atoms with E-state index in [4.69, 9.17) is 19.1 Å². The maximum absolute atomic E-state index is 11.6. The molecule has 8 nitrogen and oxygen atoms in total. The number of carboxylic acid groups (broad SMARTS) is 1. The van der Waals surface area contributed by atoms with Crippen LogP contribution in [-0.2, 0) is 20.9 Å². The first-order chi connectivity index (χ1) is 10.1. The number of alkyl carbamates (subject to hydrolysis) is 1. The molecule has 1 aromatic heterocycles. The summed E-state index contributed by atoms with van der Waals surface area (Å²) in [4.78, 5) is 22.7. The van der Waals surface area contributed by atoms with Crippen LogP contribution in [0.4, 0.5) is 4.79 Å². The maximum Gasteiger partial charge on any atom is 0.408 e. The summed E-state index contributed by atoms with van der Waals surface area (Å²) in [5, 5.41) is 15.1. The minimum Gasteiger partial charge on any atom is -0.480 e. The number of hydrogen-bond acceptors (Lipinski definition) is 6. The summed E-state index contributed by atoms with van der Waals surface area (Å²) in [6.45, 7) is 8.54. The standard InChI is InChI=1S/C14H22N2O6/c1-8-10(9(2)22-16-8)6-20-7-11(12(17)18)15-13(19)21-14(3,4)5/h11H,6-7H2,1-5H3,(H,15,19)(H,17,18). The zero-order valence-corrected chi connectivity index (χ0v) is 13.4. The number of carbonyl (C=O) groups is 2. The number of aromatic nitrogens is 1. The summed E-state index contributed by atoms with van der Waals surface area (Å²) in [6.07, 6.45) is -0.805. The summed E-state index contributed by atoms with van der Waals surface area (Å²) >= 11 is 0. The molecule has 0 spiro atoms. The Morgan fingerprint density at radius 2 is 2.00 bits per heavy atom. The number of amides is 1. The van der Waals surface area contributed by atoms with Crippen LogP contribution < -0.4 is 5.32 Å². The van der Waals surface area contributed by atoms with Crippen molar-refractivity contribution >= 4 is 12.1 Å². The van der Waals surface area contributed by atoms with Crippen molar-refractivity contribution in [2.75, 3.05) is 6.61 Å². The normalized spacial score (nSPS) is 12.8. The third-order valence-electron chi connectivity index (χ3n) is 2.70. The van der Waals surface area contributed by atoms with Crippen LogP contribution in [0.5, 0.6) is 0 Å². The second-order valence-electron chi connectivity index (χ2n) is 5.85. The molecule has 124 valence electrons. The highest BCUT2D eigenvalue weighted by Crippen LogP contribution is 2.13. The van der Waals surface area contributed by atoms with Gasteiger partial charge in [0.2, 0.25) is 0 Å². The molecule has 2 N–H and O–H groups in total. The number of ether oxygens (including phenoxy) is 2. The number of aliphatic carboxylic acids is 1. The van der Waals surface area contributed by atoms with Crippen LogP contribution in [0, 0.1) is 13.8 Å². The van der Waals surface area contributed by atoms with Crippen molar-refractivity contribution in [2.24, 2.45) is 0 Å². The van der Waals surface area contributed by atoms with E-state index in [1.54, 1.807) is 34.6 Å². The van der Waals surface area contributed by atoms with Gasteiger partial charge in [-0.1, -0.05) is 5.16 Å². The van der Waals surface area contributed by atoms with Crippen molar-refractivity contribution in [3.63, 3.8) is 0 Å². The second-order valence-corrected chi connectivity index (χ2v) is 5.85. The van der Waals surface area contributed by atoms with Crippen LogP contribution in [0.25, 0.3) is 0 Å². The van der Waals surface area contributed by atoms with Gasteiger partial charge in [-0.25, -0.2) is 9.59 Å². The Morgan fingerprint density at radius 1 is 1.36 bits per heavy atom. The van der Waals surface area contributed by atoms with Crippen LogP contribution in [0.15, 0.2) is 4.52 Å². The highest BCUT2D eigenvalue weighted by Gasteiger charge is 2.24. The lowest BCUT2D eigenvalue weighted by molar-refractivity contribution is -0.141. The Labute approximate surface area is 128 Å². The van der Waals surface area contributed by atoms with Gasteiger partial charge >= 0.3 is 12.1 Å². The molecule has 0 aliphatic rings. The molecular weight excluding hydrogens is 292 g/mol. The molecule has 22 heavy (non-hydrogen) atoms. The van der Waals surface area contributed by atoms with Gasteiger partial charge in [-0.3, -0.25) is 0 Å². The Bertz CT molecular complexity index is 512. The first kappa shape index (κ1) is 18.0. The molecule has 0 fully saturated rings. The molecule has 1 rings (SSSR count). The largest absolute Gasteiger partial charge is 0.480 e. The Morgan fingerprint density at radius 3 is 2.45 bits per heavy atom. The molecule has 0 saturated carbocycles. The van der Waals surface area contributed by atoms with Crippen LogP contribution in [-0.4, -0.2) is 40.6 Å². The Hall–Kier alpha value is -2.09. The van der Waals surface area contributed by atoms with Gasteiger partial charge in [0.05, 0.1) is 18.9 Å². The van der Waals surface area contributed by atoms with Crippen LogP contribution in [0.1, 0.15) is 37.8 Å². The first-order valence-corrected chi connectivity index (χ1v) is 6.82. The molecule has 0 aliphatic heterocycles. The van der Waals surface area contributed by atoms with Gasteiger partial charge in [0, 0.05) is 5.56 Å². The molecule has 0 bridgehead atoms. The number of nitrogens with zero attached hydrogens (tertiary/aromatic N) is 1. The van der Waals surface area contributed by atoms with Gasteiger partial charge in [0.1, 0.15) is 11.4 Å². The van der Waals surface area contributed by atoms with Crippen molar-refractivity contribution < 1.29 is 28.7 Å². The van der Waals surface area contributed by atoms with E-state index in [0.717, 1.165) is 5.56 Å². The fourth-order valence-corrected chi connectivity index (χ4v) is 1.61. The molecule has 0 aliphatic carbocycles.